The summed E-state index contributed by atoms with van der Waals surface area (Å²) >= 11 is 0. The van der Waals surface area contributed by atoms with Gasteiger partial charge in [0.1, 0.15) is 5.75 Å². The van der Waals surface area contributed by atoms with Crippen molar-refractivity contribution in [3.63, 3.8) is 0 Å². The Labute approximate surface area is 223 Å². The summed E-state index contributed by atoms with van der Waals surface area (Å²) in [5.41, 5.74) is 1.89. The fourth-order valence-electron chi connectivity index (χ4n) is 5.55. The minimum absolute atomic E-state index is 0.0248. The molecule has 0 spiro atoms. The molecule has 8 nitrogen and oxygen atoms in total. The largest absolute Gasteiger partial charge is 0.497 e. The predicted molar refractivity (Wildman–Crippen MR) is 136 cm³/mol. The minimum atomic E-state index is -4.64. The Kier molecular flexibility index (Phi) is 6.16. The Morgan fingerprint density at radius 3 is 2.62 bits per heavy atom. The van der Waals surface area contributed by atoms with E-state index in [0.717, 1.165) is 18.5 Å². The van der Waals surface area contributed by atoms with Crippen molar-refractivity contribution in [3.05, 3.63) is 83.5 Å². The van der Waals surface area contributed by atoms with E-state index in [0.29, 0.717) is 47.5 Å². The van der Waals surface area contributed by atoms with Crippen LogP contribution in [0, 0.1) is 5.92 Å². The summed E-state index contributed by atoms with van der Waals surface area (Å²) in [4.78, 5) is 24.6. The van der Waals surface area contributed by atoms with Gasteiger partial charge in [-0.15, -0.1) is 0 Å². The van der Waals surface area contributed by atoms with Gasteiger partial charge in [-0.25, -0.2) is 4.98 Å². The Hall–Kier alpha value is -4.15. The number of aryl methyl sites for hydroxylation is 1. The van der Waals surface area contributed by atoms with Gasteiger partial charge in [0.2, 0.25) is 0 Å². The van der Waals surface area contributed by atoms with E-state index in [9.17, 15) is 18.0 Å². The fraction of sp³-hybridized carbons (Fsp3) is 0.357. The molecule has 4 heterocycles. The molecule has 1 fully saturated rings. The van der Waals surface area contributed by atoms with Gasteiger partial charge in [-0.05, 0) is 60.1 Å². The number of ether oxygens (including phenoxy) is 1. The summed E-state index contributed by atoms with van der Waals surface area (Å²) in [6.07, 6.45) is 5.85. The second-order valence-corrected chi connectivity index (χ2v) is 10.1. The summed E-state index contributed by atoms with van der Waals surface area (Å²) in [6.45, 7) is 0.736. The fourth-order valence-corrected chi connectivity index (χ4v) is 5.55. The number of alkyl halides is 3. The molecule has 1 aliphatic heterocycles. The van der Waals surface area contributed by atoms with Crippen molar-refractivity contribution in [2.24, 2.45) is 13.0 Å². The summed E-state index contributed by atoms with van der Waals surface area (Å²) in [5.74, 6) is 0.736. The normalized spacial score (nSPS) is 16.3. The molecular weight excluding hydrogens is 509 g/mol. The monoisotopic (exact) mass is 536 g/mol. The first-order valence-corrected chi connectivity index (χ1v) is 12.8. The number of carbonyl (C=O) groups is 1. The number of imidazole rings is 1. The molecule has 6 rings (SSSR count). The molecular formula is C28H27F3N6O2. The molecule has 1 aliphatic carbocycles. The minimum Gasteiger partial charge on any atom is -0.497 e. The zero-order valence-corrected chi connectivity index (χ0v) is 21.5. The van der Waals surface area contributed by atoms with Gasteiger partial charge in [0.15, 0.2) is 5.69 Å². The van der Waals surface area contributed by atoms with Crippen LogP contribution < -0.4 is 4.74 Å². The van der Waals surface area contributed by atoms with Gasteiger partial charge in [0.25, 0.3) is 5.91 Å². The van der Waals surface area contributed by atoms with Crippen LogP contribution in [0.25, 0.3) is 11.1 Å². The van der Waals surface area contributed by atoms with Crippen molar-refractivity contribution in [1.82, 2.24) is 29.2 Å². The molecule has 1 saturated carbocycles. The SMILES string of the molecule is COc1ccnc([C@H](C2CC2)N2CCc3c(cc(Cn4ccnc4)cc3-c3cn(C)nc3C(F)(F)F)C2=O)c1. The maximum atomic E-state index is 14.1. The summed E-state index contributed by atoms with van der Waals surface area (Å²) in [7, 11) is 3.05. The molecule has 1 amide bonds. The number of rotatable bonds is 7. The highest BCUT2D eigenvalue weighted by Crippen LogP contribution is 2.47. The Morgan fingerprint density at radius 2 is 1.92 bits per heavy atom. The number of pyridine rings is 1. The third-order valence-electron chi connectivity index (χ3n) is 7.41. The van der Waals surface area contributed by atoms with Crippen LogP contribution in [0.5, 0.6) is 5.75 Å². The van der Waals surface area contributed by atoms with E-state index in [1.807, 2.05) is 15.5 Å². The van der Waals surface area contributed by atoms with E-state index in [1.54, 1.807) is 50.2 Å². The number of carbonyl (C=O) groups excluding carboxylic acids is 1. The molecule has 0 radical (unpaired) electrons. The van der Waals surface area contributed by atoms with E-state index in [4.69, 9.17) is 4.74 Å². The van der Waals surface area contributed by atoms with Gasteiger partial charge < -0.3 is 14.2 Å². The molecule has 0 unspecified atom stereocenters. The number of benzene rings is 1. The van der Waals surface area contributed by atoms with Gasteiger partial charge in [0.05, 0.1) is 25.2 Å². The zero-order valence-electron chi connectivity index (χ0n) is 21.5. The molecule has 0 bridgehead atoms. The lowest BCUT2D eigenvalue weighted by atomic mass is 9.87. The van der Waals surface area contributed by atoms with Crippen molar-refractivity contribution >= 4 is 5.91 Å². The number of fused-ring (bicyclic) bond motifs is 1. The van der Waals surface area contributed by atoms with Crippen LogP contribution >= 0.6 is 0 Å². The molecule has 3 aromatic heterocycles. The van der Waals surface area contributed by atoms with Crippen molar-refractivity contribution in [3.8, 4) is 16.9 Å². The predicted octanol–water partition coefficient (Wildman–Crippen LogP) is 4.90. The summed E-state index contributed by atoms with van der Waals surface area (Å²) in [5, 5.41) is 3.72. The maximum Gasteiger partial charge on any atom is 0.435 e. The van der Waals surface area contributed by atoms with Crippen LogP contribution in [0.4, 0.5) is 13.2 Å². The number of methoxy groups -OCH3 is 1. The number of amides is 1. The van der Waals surface area contributed by atoms with Crippen LogP contribution in [0.15, 0.2) is 55.4 Å². The van der Waals surface area contributed by atoms with Gasteiger partial charge >= 0.3 is 6.18 Å². The van der Waals surface area contributed by atoms with Crippen LogP contribution in [-0.4, -0.2) is 48.8 Å². The third-order valence-corrected chi connectivity index (χ3v) is 7.41. The first kappa shape index (κ1) is 25.1. The lowest BCUT2D eigenvalue weighted by Gasteiger charge is -2.36. The molecule has 0 N–H and O–H groups in total. The number of aromatic nitrogens is 5. The number of nitrogens with zero attached hydrogens (tertiary/aromatic N) is 6. The van der Waals surface area contributed by atoms with Crippen LogP contribution in [0.1, 0.15) is 51.8 Å². The second-order valence-electron chi connectivity index (χ2n) is 10.1. The molecule has 11 heteroatoms. The van der Waals surface area contributed by atoms with E-state index in [1.165, 1.54) is 17.9 Å². The first-order chi connectivity index (χ1) is 18.7. The quantitative estimate of drug-likeness (QED) is 0.336. The molecule has 1 aromatic carbocycles. The highest BCUT2D eigenvalue weighted by Gasteiger charge is 2.43. The van der Waals surface area contributed by atoms with E-state index in [-0.39, 0.29) is 23.4 Å². The van der Waals surface area contributed by atoms with Gasteiger partial charge in [-0.1, -0.05) is 0 Å². The van der Waals surface area contributed by atoms with Crippen LogP contribution in [0.3, 0.4) is 0 Å². The highest BCUT2D eigenvalue weighted by atomic mass is 19.4. The topological polar surface area (TPSA) is 78.1 Å². The van der Waals surface area contributed by atoms with E-state index in [2.05, 4.69) is 15.1 Å². The number of halogens is 3. The number of hydrogen-bond acceptors (Lipinski definition) is 5. The smallest absolute Gasteiger partial charge is 0.435 e. The average Bonchev–Trinajstić information content (AvgIpc) is 3.44. The second kappa shape index (κ2) is 9.55. The lowest BCUT2D eigenvalue weighted by Crippen LogP contribution is -2.41. The Bertz CT molecular complexity index is 1520. The third kappa shape index (κ3) is 4.77. The first-order valence-electron chi connectivity index (χ1n) is 12.8. The molecule has 0 saturated heterocycles. The molecule has 202 valence electrons. The summed E-state index contributed by atoms with van der Waals surface area (Å²) < 4.78 is 50.4. The summed E-state index contributed by atoms with van der Waals surface area (Å²) in [6, 6.07) is 6.95. The van der Waals surface area contributed by atoms with Crippen molar-refractivity contribution < 1.29 is 22.7 Å². The molecule has 1 atom stereocenters. The van der Waals surface area contributed by atoms with Crippen LogP contribution in [0.2, 0.25) is 0 Å². The van der Waals surface area contributed by atoms with Gasteiger partial charge in [-0.3, -0.25) is 14.5 Å². The Morgan fingerprint density at radius 1 is 1.13 bits per heavy atom. The molecule has 4 aromatic rings. The number of hydrogen-bond donors (Lipinski definition) is 0. The van der Waals surface area contributed by atoms with E-state index >= 15 is 0 Å². The van der Waals surface area contributed by atoms with Crippen molar-refractivity contribution in [2.45, 2.75) is 38.0 Å². The standard InChI is InChI=1S/C28H27F3N6O2/c1-35-15-23(26(34-35)28(29,30)31)21-11-17(14-36-10-8-32-16-36)12-22-20(21)6-9-37(27(22)38)25(18-3-4-18)24-13-19(39-2)5-7-33-24/h5,7-8,10-13,15-16,18,25H,3-4,6,9,14H2,1-2H3/t25-/m0/s1. The van der Waals surface area contributed by atoms with Crippen molar-refractivity contribution in [1.29, 1.82) is 0 Å². The van der Waals surface area contributed by atoms with Gasteiger partial charge in [-0.2, -0.15) is 18.3 Å². The zero-order chi connectivity index (χ0) is 27.3. The lowest BCUT2D eigenvalue weighted by molar-refractivity contribution is -0.140. The van der Waals surface area contributed by atoms with Crippen LogP contribution in [-0.2, 0) is 26.2 Å². The molecule has 2 aliphatic rings. The van der Waals surface area contributed by atoms with Crippen molar-refractivity contribution in [2.75, 3.05) is 13.7 Å². The molecule has 39 heavy (non-hydrogen) atoms. The average molecular weight is 537 g/mol. The maximum absolute atomic E-state index is 14.1. The highest BCUT2D eigenvalue weighted by molar-refractivity contribution is 5.99. The van der Waals surface area contributed by atoms with E-state index < -0.39 is 11.9 Å². The Balaban J connectivity index is 1.47. The van der Waals surface area contributed by atoms with Gasteiger partial charge in [0, 0.05) is 62.1 Å².